The van der Waals surface area contributed by atoms with E-state index in [4.69, 9.17) is 6.42 Å². The van der Waals surface area contributed by atoms with E-state index < -0.39 is 16.1 Å². The summed E-state index contributed by atoms with van der Waals surface area (Å²) in [6.07, 6.45) is 5.76. The molecule has 0 unspecified atom stereocenters. The number of carbonyl (C=O) groups is 1. The van der Waals surface area contributed by atoms with Crippen molar-refractivity contribution >= 4 is 16.1 Å². The minimum atomic E-state index is -3.33. The van der Waals surface area contributed by atoms with Gasteiger partial charge in [0.1, 0.15) is 6.61 Å². The average molecular weight is 207 g/mol. The second kappa shape index (κ2) is 7.58. The molecule has 0 atom stereocenters. The van der Waals surface area contributed by atoms with Gasteiger partial charge in [-0.3, -0.25) is 4.18 Å². The van der Waals surface area contributed by atoms with E-state index in [0.29, 0.717) is 0 Å². The smallest absolute Gasteiger partial charge is 0.257 e. The Kier molecular flexibility index (Phi) is 8.44. The Hall–Kier alpha value is -1.06. The Morgan fingerprint density at radius 3 is 2.00 bits per heavy atom. The first-order valence-electron chi connectivity index (χ1n) is 3.31. The molecule has 0 amide bonds. The van der Waals surface area contributed by atoms with Crippen LogP contribution in [-0.4, -0.2) is 27.2 Å². The molecule has 0 N–H and O–H groups in total. The molecule has 0 aromatic carbocycles. The second-order valence-electron chi connectivity index (χ2n) is 1.90. The van der Waals surface area contributed by atoms with E-state index >= 15 is 0 Å². The molecule has 0 fully saturated rings. The molecule has 0 aliphatic heterocycles. The first kappa shape index (κ1) is 14.5. The quantitative estimate of drug-likeness (QED) is 0.480. The van der Waals surface area contributed by atoms with Gasteiger partial charge in [0, 0.05) is 6.42 Å². The molecule has 1 radical (unpaired) electrons. The lowest BCUT2D eigenvalue weighted by molar-refractivity contribution is -0.142. The topological polar surface area (TPSA) is 80.3 Å². The van der Waals surface area contributed by atoms with Crippen LogP contribution in [0.5, 0.6) is 0 Å². The summed E-state index contributed by atoms with van der Waals surface area (Å²) in [5, 5.41) is 9.26. The van der Waals surface area contributed by atoms with Crippen molar-refractivity contribution in [3.8, 4) is 12.3 Å². The highest BCUT2D eigenvalue weighted by atomic mass is 32.2. The van der Waals surface area contributed by atoms with Crippen molar-refractivity contribution in [3.63, 3.8) is 0 Å². The fraction of sp³-hybridized carbons (Fsp3) is 0.571. The van der Waals surface area contributed by atoms with Gasteiger partial charge in [-0.05, 0) is 0 Å². The molecule has 0 aromatic rings. The zero-order valence-corrected chi connectivity index (χ0v) is 8.26. The molecule has 75 valence electrons. The van der Waals surface area contributed by atoms with E-state index in [-0.39, 0.29) is 13.0 Å². The lowest BCUT2D eigenvalue weighted by Crippen LogP contribution is -2.01. The van der Waals surface area contributed by atoms with Crippen LogP contribution in [0.2, 0.25) is 0 Å². The minimum absolute atomic E-state index is 0.111. The van der Waals surface area contributed by atoms with E-state index in [1.165, 1.54) is 6.92 Å². The third kappa shape index (κ3) is 24.8. The summed E-state index contributed by atoms with van der Waals surface area (Å²) in [6.45, 7) is 1.36. The van der Waals surface area contributed by atoms with Crippen molar-refractivity contribution in [3.05, 3.63) is 0 Å². The van der Waals surface area contributed by atoms with Gasteiger partial charge in [0.25, 0.3) is 10.1 Å². The van der Waals surface area contributed by atoms with Gasteiger partial charge >= 0.3 is 5.97 Å². The monoisotopic (exact) mass is 207 g/mol. The van der Waals surface area contributed by atoms with Crippen LogP contribution in [0.1, 0.15) is 13.3 Å². The average Bonchev–Trinajstić information content (AvgIpc) is 2.00. The van der Waals surface area contributed by atoms with Crippen molar-refractivity contribution in [1.82, 2.24) is 0 Å². The lowest BCUT2D eigenvalue weighted by Gasteiger charge is -1.90. The zero-order chi connectivity index (χ0) is 10.9. The summed E-state index contributed by atoms with van der Waals surface area (Å²) < 4.78 is 24.3. The van der Waals surface area contributed by atoms with E-state index in [0.717, 1.165) is 6.26 Å². The van der Waals surface area contributed by atoms with Gasteiger partial charge in [-0.25, -0.2) is 9.90 Å². The Bertz CT molecular complexity index is 272. The largest absolute Gasteiger partial charge is 0.355 e. The van der Waals surface area contributed by atoms with Gasteiger partial charge < -0.3 is 0 Å². The Morgan fingerprint density at radius 1 is 1.54 bits per heavy atom. The van der Waals surface area contributed by atoms with Crippen LogP contribution in [0.3, 0.4) is 0 Å². The van der Waals surface area contributed by atoms with Crippen molar-refractivity contribution in [1.29, 1.82) is 0 Å². The number of hydrogen-bond donors (Lipinski definition) is 0. The molecule has 0 spiro atoms. The van der Waals surface area contributed by atoms with Gasteiger partial charge in [0.2, 0.25) is 0 Å². The normalized spacial score (nSPS) is 9.31. The van der Waals surface area contributed by atoms with Crippen molar-refractivity contribution in [2.75, 3.05) is 12.9 Å². The Labute approximate surface area is 77.8 Å². The van der Waals surface area contributed by atoms with Crippen LogP contribution in [0.25, 0.3) is 0 Å². The fourth-order valence-corrected chi connectivity index (χ4v) is 0.423. The van der Waals surface area contributed by atoms with Crippen LogP contribution in [-0.2, 0) is 24.2 Å². The summed E-state index contributed by atoms with van der Waals surface area (Å²) in [7, 11) is -3.33. The molecule has 0 aromatic heterocycles. The molecule has 5 nitrogen and oxygen atoms in total. The van der Waals surface area contributed by atoms with Gasteiger partial charge in [-0.1, -0.05) is 12.8 Å². The first-order valence-corrected chi connectivity index (χ1v) is 5.12. The summed E-state index contributed by atoms with van der Waals surface area (Å²) >= 11 is 0. The number of hydrogen-bond acceptors (Lipinski definition) is 4. The van der Waals surface area contributed by atoms with Crippen LogP contribution < -0.4 is 0 Å². The molecule has 0 rings (SSSR count). The molecule has 13 heavy (non-hydrogen) atoms. The summed E-state index contributed by atoms with van der Waals surface area (Å²) in [6, 6.07) is 0. The van der Waals surface area contributed by atoms with Crippen LogP contribution in [0.15, 0.2) is 0 Å². The maximum Gasteiger partial charge on any atom is 0.355 e. The summed E-state index contributed by atoms with van der Waals surface area (Å²) in [5.74, 6) is 1.03. The Morgan fingerprint density at radius 2 is 1.92 bits per heavy atom. The minimum Gasteiger partial charge on any atom is -0.257 e. The number of rotatable bonds is 3. The molecular weight excluding hydrogens is 196 g/mol. The molecule has 0 bridgehead atoms. The fourth-order valence-electron chi connectivity index (χ4n) is 0.141. The zero-order valence-electron chi connectivity index (χ0n) is 7.44. The van der Waals surface area contributed by atoms with E-state index in [1.54, 1.807) is 0 Å². The maximum absolute atomic E-state index is 10.1. The molecule has 0 aliphatic rings. The molecule has 0 saturated carbocycles. The predicted molar refractivity (Wildman–Crippen MR) is 45.6 cm³/mol. The Balaban J connectivity index is 0. The number of terminal acetylenes is 1. The first-order chi connectivity index (χ1) is 5.83. The molecule has 6 heteroatoms. The van der Waals surface area contributed by atoms with E-state index in [9.17, 15) is 18.3 Å². The predicted octanol–water partition coefficient (Wildman–Crippen LogP) is -0.0507. The van der Waals surface area contributed by atoms with Gasteiger partial charge in [0.15, 0.2) is 0 Å². The second-order valence-corrected chi connectivity index (χ2v) is 3.54. The van der Waals surface area contributed by atoms with Crippen LogP contribution >= 0.6 is 0 Å². The van der Waals surface area contributed by atoms with E-state index in [2.05, 4.69) is 4.18 Å². The van der Waals surface area contributed by atoms with Gasteiger partial charge in [-0.2, -0.15) is 8.42 Å². The molecule has 0 saturated heterocycles. The highest BCUT2D eigenvalue weighted by Gasteiger charge is 1.96. The highest BCUT2D eigenvalue weighted by Crippen LogP contribution is 1.82. The third-order valence-electron chi connectivity index (χ3n) is 0.645. The van der Waals surface area contributed by atoms with E-state index in [1.807, 2.05) is 5.92 Å². The van der Waals surface area contributed by atoms with Crippen molar-refractivity contribution < 1.29 is 22.5 Å². The highest BCUT2D eigenvalue weighted by molar-refractivity contribution is 7.85. The van der Waals surface area contributed by atoms with Gasteiger partial charge in [-0.15, -0.1) is 6.42 Å². The molecule has 0 aliphatic carbocycles. The SMILES string of the molecule is C#CCOS(C)(=O)=O.CCC([O])=O. The standard InChI is InChI=1S/C4H6O3S.C3H5O2/c1-3-4-7-8(2,5)6;1-2-3(4)5/h1H,4H2,2H3;2H2,1H3. The molecule has 0 heterocycles. The number of carbonyl (C=O) groups excluding carboxylic acids is 1. The maximum atomic E-state index is 10.1. The van der Waals surface area contributed by atoms with Crippen LogP contribution in [0.4, 0.5) is 0 Å². The molecular formula is C7H11O5S. The van der Waals surface area contributed by atoms with Crippen molar-refractivity contribution in [2.45, 2.75) is 13.3 Å². The van der Waals surface area contributed by atoms with Crippen LogP contribution in [0, 0.1) is 12.3 Å². The summed E-state index contributed by atoms with van der Waals surface area (Å²) in [5.41, 5.74) is 0. The lowest BCUT2D eigenvalue weighted by atomic mass is 10.5. The van der Waals surface area contributed by atoms with Crippen molar-refractivity contribution in [2.24, 2.45) is 0 Å². The summed E-state index contributed by atoms with van der Waals surface area (Å²) in [4.78, 5) is 9.26. The van der Waals surface area contributed by atoms with Gasteiger partial charge in [0.05, 0.1) is 6.26 Å². The third-order valence-corrected chi connectivity index (χ3v) is 1.19.